The number of furan rings is 1. The number of halogens is 1. The highest BCUT2D eigenvalue weighted by Gasteiger charge is 2.09. The van der Waals surface area contributed by atoms with Gasteiger partial charge in [0, 0.05) is 6.54 Å². The highest BCUT2D eigenvalue weighted by molar-refractivity contribution is 6.20. The normalized spacial score (nSPS) is 12.4. The lowest BCUT2D eigenvalue weighted by Gasteiger charge is -2.08. The average Bonchev–Trinajstić information content (AvgIpc) is 2.67. The number of carbonyl (C=O) groups excluding carboxylic acids is 1. The van der Waals surface area contributed by atoms with E-state index in [4.69, 9.17) is 16.0 Å². The molecule has 1 heterocycles. The Morgan fingerprint density at radius 3 is 3.07 bits per heavy atom. The van der Waals surface area contributed by atoms with Crippen molar-refractivity contribution in [3.8, 4) is 0 Å². The van der Waals surface area contributed by atoms with Crippen molar-refractivity contribution in [3.63, 3.8) is 0 Å². The molecule has 1 N–H and O–H groups in total. The molecular weight excluding hydrogens is 202 g/mol. The molecule has 1 aromatic rings. The first-order valence-electron chi connectivity index (χ1n) is 4.69. The van der Waals surface area contributed by atoms with Gasteiger partial charge in [-0.25, -0.2) is 0 Å². The standard InChI is InChI=1S/C10H14ClNO2/c1-2-4-8(11)7-12-10(13)9-5-3-6-14-9/h3,5-6,8H,2,4,7H2,1H3,(H,12,13). The number of amides is 1. The molecule has 1 aromatic heterocycles. The Labute approximate surface area is 88.4 Å². The molecule has 0 bridgehead atoms. The van der Waals surface area contributed by atoms with E-state index in [2.05, 4.69) is 12.2 Å². The van der Waals surface area contributed by atoms with Crippen LogP contribution in [0, 0.1) is 0 Å². The van der Waals surface area contributed by atoms with Crippen molar-refractivity contribution >= 4 is 17.5 Å². The largest absolute Gasteiger partial charge is 0.459 e. The lowest BCUT2D eigenvalue weighted by atomic mass is 10.2. The molecule has 0 saturated carbocycles. The van der Waals surface area contributed by atoms with Gasteiger partial charge < -0.3 is 9.73 Å². The summed E-state index contributed by atoms with van der Waals surface area (Å²) in [5, 5.41) is 2.70. The minimum Gasteiger partial charge on any atom is -0.459 e. The van der Waals surface area contributed by atoms with E-state index in [9.17, 15) is 4.79 Å². The molecule has 1 unspecified atom stereocenters. The monoisotopic (exact) mass is 215 g/mol. The summed E-state index contributed by atoms with van der Waals surface area (Å²) in [6.45, 7) is 2.54. The van der Waals surface area contributed by atoms with Crippen LogP contribution in [0.4, 0.5) is 0 Å². The van der Waals surface area contributed by atoms with E-state index in [1.807, 2.05) is 0 Å². The fraction of sp³-hybridized carbons (Fsp3) is 0.500. The minimum absolute atomic E-state index is 0.00101. The molecule has 1 rings (SSSR count). The van der Waals surface area contributed by atoms with Crippen LogP contribution in [0.3, 0.4) is 0 Å². The van der Waals surface area contributed by atoms with Crippen LogP contribution >= 0.6 is 11.6 Å². The van der Waals surface area contributed by atoms with Gasteiger partial charge >= 0.3 is 0 Å². The van der Waals surface area contributed by atoms with Crippen molar-refractivity contribution in [2.24, 2.45) is 0 Å². The lowest BCUT2D eigenvalue weighted by molar-refractivity contribution is 0.0925. The summed E-state index contributed by atoms with van der Waals surface area (Å²) in [5.74, 6) is 0.113. The Bertz CT molecular complexity index is 272. The smallest absolute Gasteiger partial charge is 0.287 e. The van der Waals surface area contributed by atoms with Crippen LogP contribution in [0.5, 0.6) is 0 Å². The number of rotatable bonds is 5. The maximum absolute atomic E-state index is 11.4. The molecule has 0 aromatic carbocycles. The van der Waals surface area contributed by atoms with Crippen molar-refractivity contribution < 1.29 is 9.21 Å². The molecule has 0 aliphatic carbocycles. The summed E-state index contributed by atoms with van der Waals surface area (Å²) >= 11 is 5.94. The second kappa shape index (κ2) is 5.70. The van der Waals surface area contributed by atoms with Gasteiger partial charge in [0.1, 0.15) is 0 Å². The van der Waals surface area contributed by atoms with Crippen LogP contribution in [-0.2, 0) is 0 Å². The molecule has 0 saturated heterocycles. The molecular formula is C10H14ClNO2. The Kier molecular flexibility index (Phi) is 4.53. The fourth-order valence-electron chi connectivity index (χ4n) is 1.11. The zero-order valence-corrected chi connectivity index (χ0v) is 8.88. The van der Waals surface area contributed by atoms with Gasteiger partial charge in [-0.1, -0.05) is 13.3 Å². The molecule has 1 amide bonds. The lowest BCUT2D eigenvalue weighted by Crippen LogP contribution is -2.29. The second-order valence-corrected chi connectivity index (χ2v) is 3.69. The van der Waals surface area contributed by atoms with Gasteiger partial charge in [0.15, 0.2) is 5.76 Å². The zero-order valence-electron chi connectivity index (χ0n) is 8.13. The maximum atomic E-state index is 11.4. The summed E-state index contributed by atoms with van der Waals surface area (Å²) in [6, 6.07) is 3.30. The molecule has 1 atom stereocenters. The van der Waals surface area contributed by atoms with Crippen LogP contribution in [0.1, 0.15) is 30.3 Å². The number of hydrogen-bond acceptors (Lipinski definition) is 2. The van der Waals surface area contributed by atoms with Crippen molar-refractivity contribution in [2.75, 3.05) is 6.54 Å². The summed E-state index contributed by atoms with van der Waals surface area (Å²) < 4.78 is 4.93. The van der Waals surface area contributed by atoms with E-state index < -0.39 is 0 Å². The van der Waals surface area contributed by atoms with Crippen molar-refractivity contribution in [3.05, 3.63) is 24.2 Å². The Morgan fingerprint density at radius 2 is 2.50 bits per heavy atom. The van der Waals surface area contributed by atoms with Gasteiger partial charge in [0.05, 0.1) is 11.6 Å². The Morgan fingerprint density at radius 1 is 1.71 bits per heavy atom. The SMILES string of the molecule is CCCC(Cl)CNC(=O)c1ccco1. The molecule has 0 radical (unpaired) electrons. The van der Waals surface area contributed by atoms with Crippen LogP contribution in [-0.4, -0.2) is 17.8 Å². The summed E-state index contributed by atoms with van der Waals surface area (Å²) in [7, 11) is 0. The number of hydrogen-bond donors (Lipinski definition) is 1. The van der Waals surface area contributed by atoms with Gasteiger partial charge in [-0.15, -0.1) is 11.6 Å². The van der Waals surface area contributed by atoms with Gasteiger partial charge in [-0.05, 0) is 18.6 Å². The summed E-state index contributed by atoms with van der Waals surface area (Å²) in [6.07, 6.45) is 3.39. The van der Waals surface area contributed by atoms with E-state index in [-0.39, 0.29) is 11.3 Å². The third-order valence-electron chi connectivity index (χ3n) is 1.83. The van der Waals surface area contributed by atoms with Crippen LogP contribution in [0.2, 0.25) is 0 Å². The average molecular weight is 216 g/mol. The van der Waals surface area contributed by atoms with Crippen molar-refractivity contribution in [2.45, 2.75) is 25.1 Å². The van der Waals surface area contributed by atoms with Gasteiger partial charge in [0.25, 0.3) is 5.91 Å². The second-order valence-electron chi connectivity index (χ2n) is 3.07. The Hall–Kier alpha value is -0.960. The van der Waals surface area contributed by atoms with E-state index >= 15 is 0 Å². The predicted octanol–water partition coefficient (Wildman–Crippen LogP) is 2.42. The molecule has 3 nitrogen and oxygen atoms in total. The number of carbonyl (C=O) groups is 1. The van der Waals surface area contributed by atoms with E-state index in [0.29, 0.717) is 12.3 Å². The molecule has 14 heavy (non-hydrogen) atoms. The topological polar surface area (TPSA) is 42.2 Å². The third kappa shape index (κ3) is 3.42. The highest BCUT2D eigenvalue weighted by Crippen LogP contribution is 2.04. The first-order chi connectivity index (χ1) is 6.74. The predicted molar refractivity (Wildman–Crippen MR) is 55.6 cm³/mol. The molecule has 78 valence electrons. The minimum atomic E-state index is -0.211. The van der Waals surface area contributed by atoms with Crippen LogP contribution in [0.15, 0.2) is 22.8 Å². The number of alkyl halides is 1. The fourth-order valence-corrected chi connectivity index (χ4v) is 1.41. The van der Waals surface area contributed by atoms with E-state index in [0.717, 1.165) is 12.8 Å². The molecule has 0 aliphatic heterocycles. The summed E-state index contributed by atoms with van der Waals surface area (Å²) in [4.78, 5) is 11.4. The molecule has 0 fully saturated rings. The van der Waals surface area contributed by atoms with Crippen molar-refractivity contribution in [1.29, 1.82) is 0 Å². The third-order valence-corrected chi connectivity index (χ3v) is 2.20. The van der Waals surface area contributed by atoms with Gasteiger partial charge in [-0.2, -0.15) is 0 Å². The summed E-state index contributed by atoms with van der Waals surface area (Å²) in [5.41, 5.74) is 0. The molecule has 0 spiro atoms. The first kappa shape index (κ1) is 11.1. The number of nitrogens with one attached hydrogen (secondary N) is 1. The van der Waals surface area contributed by atoms with Crippen LogP contribution in [0.25, 0.3) is 0 Å². The van der Waals surface area contributed by atoms with E-state index in [1.54, 1.807) is 12.1 Å². The maximum Gasteiger partial charge on any atom is 0.287 e. The van der Waals surface area contributed by atoms with Gasteiger partial charge in [-0.3, -0.25) is 4.79 Å². The van der Waals surface area contributed by atoms with Gasteiger partial charge in [0.2, 0.25) is 0 Å². The quantitative estimate of drug-likeness (QED) is 0.767. The Balaban J connectivity index is 2.28. The molecule has 0 aliphatic rings. The highest BCUT2D eigenvalue weighted by atomic mass is 35.5. The first-order valence-corrected chi connectivity index (χ1v) is 5.13. The van der Waals surface area contributed by atoms with Crippen LogP contribution < -0.4 is 5.32 Å². The molecule has 4 heteroatoms. The zero-order chi connectivity index (χ0) is 10.4. The van der Waals surface area contributed by atoms with Crippen molar-refractivity contribution in [1.82, 2.24) is 5.32 Å². The van der Waals surface area contributed by atoms with E-state index in [1.165, 1.54) is 6.26 Å².